The van der Waals surface area contributed by atoms with Gasteiger partial charge in [0, 0.05) is 18.1 Å². The van der Waals surface area contributed by atoms with Gasteiger partial charge in [-0.15, -0.1) is 0 Å². The highest BCUT2D eigenvalue weighted by Gasteiger charge is 2.76. The molecule has 0 unspecified atom stereocenters. The van der Waals surface area contributed by atoms with Gasteiger partial charge in [-0.1, -0.05) is 42.8 Å². The zero-order chi connectivity index (χ0) is 19.8. The molecule has 0 bridgehead atoms. The lowest BCUT2D eigenvalue weighted by molar-refractivity contribution is -0.145. The highest BCUT2D eigenvalue weighted by atomic mass is 35.5. The zero-order valence-electron chi connectivity index (χ0n) is 15.1. The van der Waals surface area contributed by atoms with Crippen LogP contribution in [0.1, 0.15) is 24.0 Å². The van der Waals surface area contributed by atoms with Gasteiger partial charge in [0.15, 0.2) is 9.84 Å². The lowest BCUT2D eigenvalue weighted by Crippen LogP contribution is -2.28. The van der Waals surface area contributed by atoms with E-state index in [-0.39, 0.29) is 11.5 Å². The Morgan fingerprint density at radius 1 is 1.15 bits per heavy atom. The number of aryl methyl sites for hydroxylation is 1. The first-order chi connectivity index (χ1) is 12.8. The van der Waals surface area contributed by atoms with Gasteiger partial charge in [0.2, 0.25) is 0 Å². The SMILES string of the molecule is CCc1ccc([C@@H]2[C@@H](S(=O)(=O)c3ccc(Cl)cc3)[C@@]2(COC)C(=O)O)cc1. The molecule has 0 heterocycles. The smallest absolute Gasteiger partial charge is 0.314 e. The highest BCUT2D eigenvalue weighted by molar-refractivity contribution is 7.92. The number of carbonyl (C=O) groups is 1. The van der Waals surface area contributed by atoms with E-state index in [0.717, 1.165) is 12.0 Å². The van der Waals surface area contributed by atoms with Gasteiger partial charge < -0.3 is 9.84 Å². The van der Waals surface area contributed by atoms with Crippen LogP contribution in [0.2, 0.25) is 5.02 Å². The van der Waals surface area contributed by atoms with E-state index in [1.807, 2.05) is 31.2 Å². The lowest BCUT2D eigenvalue weighted by atomic mass is 9.99. The molecular weight excluding hydrogens is 388 g/mol. The third-order valence-electron chi connectivity index (χ3n) is 5.26. The molecule has 3 rings (SSSR count). The molecule has 1 saturated carbocycles. The summed E-state index contributed by atoms with van der Waals surface area (Å²) in [6, 6.07) is 13.2. The van der Waals surface area contributed by atoms with Crippen LogP contribution in [0.25, 0.3) is 0 Å². The van der Waals surface area contributed by atoms with Crippen LogP contribution in [0.4, 0.5) is 0 Å². The van der Waals surface area contributed by atoms with E-state index in [1.54, 1.807) is 0 Å². The minimum atomic E-state index is -3.89. The van der Waals surface area contributed by atoms with E-state index in [4.69, 9.17) is 16.3 Å². The molecule has 0 aliphatic heterocycles. The first-order valence-electron chi connectivity index (χ1n) is 8.59. The highest BCUT2D eigenvalue weighted by Crippen LogP contribution is 2.64. The number of rotatable bonds is 7. The fraction of sp³-hybridized carbons (Fsp3) is 0.350. The number of methoxy groups -OCH3 is 1. The summed E-state index contributed by atoms with van der Waals surface area (Å²) in [4.78, 5) is 12.2. The summed E-state index contributed by atoms with van der Waals surface area (Å²) >= 11 is 5.86. The van der Waals surface area contributed by atoms with Crippen molar-refractivity contribution in [1.29, 1.82) is 0 Å². The molecule has 3 atom stereocenters. The van der Waals surface area contributed by atoms with Crippen LogP contribution in [0.5, 0.6) is 0 Å². The second-order valence-corrected chi connectivity index (χ2v) is 9.28. The predicted molar refractivity (Wildman–Crippen MR) is 103 cm³/mol. The molecule has 0 aromatic heterocycles. The Hall–Kier alpha value is -1.89. The molecule has 0 amide bonds. The van der Waals surface area contributed by atoms with Gasteiger partial charge in [0.25, 0.3) is 0 Å². The molecule has 1 aliphatic rings. The molecule has 27 heavy (non-hydrogen) atoms. The van der Waals surface area contributed by atoms with E-state index in [2.05, 4.69) is 0 Å². The fourth-order valence-corrected chi connectivity index (χ4v) is 6.28. The topological polar surface area (TPSA) is 80.7 Å². The van der Waals surface area contributed by atoms with Crippen LogP contribution in [-0.4, -0.2) is 38.5 Å². The Balaban J connectivity index is 2.09. The van der Waals surface area contributed by atoms with Crippen molar-refractivity contribution >= 4 is 27.4 Å². The molecular formula is C20H21ClO5S. The molecule has 0 spiro atoms. The molecule has 144 valence electrons. The average Bonchev–Trinajstić information content (AvgIpc) is 3.33. The zero-order valence-corrected chi connectivity index (χ0v) is 16.6. The summed E-state index contributed by atoms with van der Waals surface area (Å²) in [6.07, 6.45) is 0.847. The maximum Gasteiger partial charge on any atom is 0.314 e. The van der Waals surface area contributed by atoms with Gasteiger partial charge in [-0.2, -0.15) is 0 Å². The molecule has 7 heteroatoms. The Bertz CT molecular complexity index is 937. The minimum absolute atomic E-state index is 0.0614. The average molecular weight is 409 g/mol. The molecule has 2 aromatic rings. The Kier molecular flexibility index (Phi) is 5.34. The first kappa shape index (κ1) is 19.9. The number of hydrogen-bond acceptors (Lipinski definition) is 4. The lowest BCUT2D eigenvalue weighted by Gasteiger charge is -2.12. The Morgan fingerprint density at radius 2 is 1.74 bits per heavy atom. The maximum atomic E-state index is 13.2. The van der Waals surface area contributed by atoms with E-state index < -0.39 is 32.4 Å². The van der Waals surface area contributed by atoms with Gasteiger partial charge in [-0.05, 0) is 41.8 Å². The molecule has 5 nitrogen and oxygen atoms in total. The summed E-state index contributed by atoms with van der Waals surface area (Å²) in [5, 5.41) is 9.24. The molecule has 2 aromatic carbocycles. The summed E-state index contributed by atoms with van der Waals surface area (Å²) in [5.74, 6) is -1.85. The molecule has 1 N–H and O–H groups in total. The molecule has 1 aliphatic carbocycles. The third kappa shape index (κ3) is 3.26. The van der Waals surface area contributed by atoms with Crippen molar-refractivity contribution in [3.05, 3.63) is 64.7 Å². The van der Waals surface area contributed by atoms with Crippen molar-refractivity contribution in [3.63, 3.8) is 0 Å². The van der Waals surface area contributed by atoms with Crippen LogP contribution in [0.15, 0.2) is 53.4 Å². The van der Waals surface area contributed by atoms with Crippen molar-refractivity contribution in [3.8, 4) is 0 Å². The largest absolute Gasteiger partial charge is 0.481 e. The standard InChI is InChI=1S/C20H21ClO5S/c1-3-13-4-6-14(7-5-13)17-18(20(17,12-26-2)19(22)23)27(24,25)16-10-8-15(21)9-11-16/h4-11,17-18H,3,12H2,1-2H3,(H,22,23)/t17-,18-,20+/m1/s1. The number of benzene rings is 2. The predicted octanol–water partition coefficient (Wildman–Crippen LogP) is 3.56. The van der Waals surface area contributed by atoms with Gasteiger partial charge >= 0.3 is 5.97 Å². The summed E-state index contributed by atoms with van der Waals surface area (Å²) in [5.41, 5.74) is 0.277. The second kappa shape index (κ2) is 7.26. The molecule has 0 saturated heterocycles. The summed E-state index contributed by atoms with van der Waals surface area (Å²) in [7, 11) is -2.51. The van der Waals surface area contributed by atoms with Crippen LogP contribution < -0.4 is 0 Å². The third-order valence-corrected chi connectivity index (χ3v) is 7.80. The van der Waals surface area contributed by atoms with Crippen molar-refractivity contribution in [2.24, 2.45) is 5.41 Å². The van der Waals surface area contributed by atoms with Crippen LogP contribution in [-0.2, 0) is 25.8 Å². The van der Waals surface area contributed by atoms with Crippen molar-refractivity contribution < 1.29 is 23.1 Å². The van der Waals surface area contributed by atoms with E-state index >= 15 is 0 Å². The van der Waals surface area contributed by atoms with Crippen molar-refractivity contribution in [1.82, 2.24) is 0 Å². The number of carboxylic acids is 1. The van der Waals surface area contributed by atoms with Crippen LogP contribution >= 0.6 is 11.6 Å². The number of carboxylic acid groups (broad SMARTS) is 1. The number of aliphatic carboxylic acids is 1. The van der Waals surface area contributed by atoms with Gasteiger partial charge in [-0.25, -0.2) is 8.42 Å². The number of sulfone groups is 1. The fourth-order valence-electron chi connectivity index (χ4n) is 3.79. The van der Waals surface area contributed by atoms with Gasteiger partial charge in [0.05, 0.1) is 16.8 Å². The molecule has 1 fully saturated rings. The maximum absolute atomic E-state index is 13.2. The van der Waals surface area contributed by atoms with Crippen LogP contribution in [0, 0.1) is 5.41 Å². The van der Waals surface area contributed by atoms with Crippen molar-refractivity contribution in [2.45, 2.75) is 29.4 Å². The van der Waals surface area contributed by atoms with Crippen molar-refractivity contribution in [2.75, 3.05) is 13.7 Å². The monoisotopic (exact) mass is 408 g/mol. The van der Waals surface area contributed by atoms with Gasteiger partial charge in [-0.3, -0.25) is 4.79 Å². The normalized spacial score (nSPS) is 24.6. The number of halogens is 1. The number of hydrogen-bond donors (Lipinski definition) is 1. The molecule has 0 radical (unpaired) electrons. The Morgan fingerprint density at radius 3 is 2.22 bits per heavy atom. The quantitative estimate of drug-likeness (QED) is 0.757. The Labute approximate surface area is 163 Å². The van der Waals surface area contributed by atoms with E-state index in [0.29, 0.717) is 10.6 Å². The minimum Gasteiger partial charge on any atom is -0.481 e. The second-order valence-electron chi connectivity index (χ2n) is 6.77. The summed E-state index contributed by atoms with van der Waals surface area (Å²) < 4.78 is 31.6. The van der Waals surface area contributed by atoms with E-state index in [1.165, 1.54) is 31.4 Å². The van der Waals surface area contributed by atoms with E-state index in [9.17, 15) is 18.3 Å². The van der Waals surface area contributed by atoms with Gasteiger partial charge in [0.1, 0.15) is 5.41 Å². The summed E-state index contributed by atoms with van der Waals surface area (Å²) in [6.45, 7) is 1.84. The van der Waals surface area contributed by atoms with Crippen LogP contribution in [0.3, 0.4) is 0 Å². The number of ether oxygens (including phenoxy) is 1. The first-order valence-corrected chi connectivity index (χ1v) is 10.5.